The zero-order valence-corrected chi connectivity index (χ0v) is 27.0. The molecule has 0 saturated heterocycles. The Morgan fingerprint density at radius 2 is 0.980 bits per heavy atom. The van der Waals surface area contributed by atoms with Crippen molar-refractivity contribution >= 4 is 86.0 Å². The first-order valence-electron chi connectivity index (χ1n) is 16.5. The van der Waals surface area contributed by atoms with Gasteiger partial charge in [-0.2, -0.15) is 0 Å². The minimum absolute atomic E-state index is 0.716. The second kappa shape index (κ2) is 10.1. The quantitative estimate of drug-likeness (QED) is 0.192. The van der Waals surface area contributed by atoms with Crippen LogP contribution < -0.4 is 0 Å². The van der Waals surface area contributed by atoms with Crippen LogP contribution in [0.2, 0.25) is 0 Å². The standard InChI is InChI=1S/C44H26N4S/c1-3-13-27(14-4-1)43-45-36-20-10-7-19-31(36)44(46-43)48-39-23-32-29-17-8-11-21-37(29)47(28-15-5-2-6-16-28)38(32)24-33(39)34-26-42-35(25-40(34)48)30-18-9-12-22-41(30)49-42/h1-26H. The number of hydrogen-bond donors (Lipinski definition) is 0. The molecule has 0 radical (unpaired) electrons. The first-order chi connectivity index (χ1) is 24.3. The number of nitrogens with zero attached hydrogens (tertiary/aromatic N) is 4. The molecule has 4 nitrogen and oxygen atoms in total. The summed E-state index contributed by atoms with van der Waals surface area (Å²) in [5.74, 6) is 1.60. The van der Waals surface area contributed by atoms with E-state index in [1.54, 1.807) is 0 Å². The lowest BCUT2D eigenvalue weighted by Gasteiger charge is -2.13. The lowest BCUT2D eigenvalue weighted by atomic mass is 10.1. The molecule has 5 heteroatoms. The molecule has 0 aliphatic heterocycles. The monoisotopic (exact) mass is 642 g/mol. The van der Waals surface area contributed by atoms with Crippen LogP contribution in [-0.2, 0) is 0 Å². The van der Waals surface area contributed by atoms with Gasteiger partial charge in [0.15, 0.2) is 5.82 Å². The molecule has 0 spiro atoms. The highest BCUT2D eigenvalue weighted by Crippen LogP contribution is 2.44. The smallest absolute Gasteiger partial charge is 0.162 e. The molecule has 0 atom stereocenters. The van der Waals surface area contributed by atoms with Gasteiger partial charge < -0.3 is 4.57 Å². The van der Waals surface area contributed by atoms with Gasteiger partial charge in [-0.1, -0.05) is 97.1 Å². The van der Waals surface area contributed by atoms with Crippen LogP contribution in [-0.4, -0.2) is 19.1 Å². The fraction of sp³-hybridized carbons (Fsp3) is 0. The first kappa shape index (κ1) is 26.7. The van der Waals surface area contributed by atoms with E-state index in [1.807, 2.05) is 29.5 Å². The van der Waals surface area contributed by atoms with Gasteiger partial charge in [0.2, 0.25) is 0 Å². The lowest BCUT2D eigenvalue weighted by Crippen LogP contribution is -2.02. The summed E-state index contributed by atoms with van der Waals surface area (Å²) in [7, 11) is 0. The number of benzene rings is 7. The maximum Gasteiger partial charge on any atom is 0.162 e. The van der Waals surface area contributed by atoms with E-state index in [4.69, 9.17) is 9.97 Å². The van der Waals surface area contributed by atoms with Crippen LogP contribution in [0.5, 0.6) is 0 Å². The highest BCUT2D eigenvalue weighted by molar-refractivity contribution is 7.25. The van der Waals surface area contributed by atoms with Crippen molar-refractivity contribution in [3.05, 3.63) is 158 Å². The Kier molecular flexibility index (Phi) is 5.51. The number of aromatic nitrogens is 4. The van der Waals surface area contributed by atoms with E-state index in [9.17, 15) is 0 Å². The summed E-state index contributed by atoms with van der Waals surface area (Å²) in [4.78, 5) is 10.4. The van der Waals surface area contributed by atoms with Gasteiger partial charge in [-0.05, 0) is 60.7 Å². The van der Waals surface area contributed by atoms with Crippen LogP contribution in [0.15, 0.2) is 158 Å². The van der Waals surface area contributed by atoms with E-state index in [1.165, 1.54) is 52.8 Å². The number of hydrogen-bond acceptors (Lipinski definition) is 3. The summed E-state index contributed by atoms with van der Waals surface area (Å²) in [5, 5.41) is 8.42. The van der Waals surface area contributed by atoms with Crippen molar-refractivity contribution in [1.29, 1.82) is 0 Å². The maximum absolute atomic E-state index is 5.39. The molecule has 11 aromatic rings. The predicted octanol–water partition coefficient (Wildman–Crippen LogP) is 11.9. The van der Waals surface area contributed by atoms with Crippen molar-refractivity contribution in [2.24, 2.45) is 0 Å². The summed E-state index contributed by atoms with van der Waals surface area (Å²) in [6.07, 6.45) is 0. The summed E-state index contributed by atoms with van der Waals surface area (Å²) >= 11 is 1.86. The van der Waals surface area contributed by atoms with Gasteiger partial charge in [0.05, 0.1) is 27.6 Å². The van der Waals surface area contributed by atoms with E-state index < -0.39 is 0 Å². The zero-order chi connectivity index (χ0) is 32.1. The largest absolute Gasteiger partial charge is 0.309 e. The molecular formula is C44H26N4S. The van der Waals surface area contributed by atoms with Gasteiger partial charge >= 0.3 is 0 Å². The van der Waals surface area contributed by atoms with Crippen molar-refractivity contribution in [2.45, 2.75) is 0 Å². The molecule has 0 aliphatic rings. The van der Waals surface area contributed by atoms with Gasteiger partial charge in [0, 0.05) is 58.4 Å². The molecule has 0 aliphatic carbocycles. The van der Waals surface area contributed by atoms with Crippen LogP contribution >= 0.6 is 11.3 Å². The van der Waals surface area contributed by atoms with Gasteiger partial charge in [0.1, 0.15) is 5.82 Å². The molecule has 0 unspecified atom stereocenters. The van der Waals surface area contributed by atoms with Crippen molar-refractivity contribution < 1.29 is 0 Å². The molecule has 0 N–H and O–H groups in total. The first-order valence-corrected chi connectivity index (χ1v) is 17.3. The molecule has 11 rings (SSSR count). The van der Waals surface area contributed by atoms with Crippen LogP contribution in [0.3, 0.4) is 0 Å². The Hall–Kier alpha value is -6.30. The molecule has 49 heavy (non-hydrogen) atoms. The summed E-state index contributed by atoms with van der Waals surface area (Å²) in [6.45, 7) is 0. The van der Waals surface area contributed by atoms with E-state index in [2.05, 4.69) is 149 Å². The Morgan fingerprint density at radius 3 is 1.80 bits per heavy atom. The molecule has 0 saturated carbocycles. The fourth-order valence-corrected chi connectivity index (χ4v) is 8.85. The SMILES string of the molecule is c1ccc(-c2nc(-n3c4cc5c(cc4c4cc6c(cc43)c3ccccc3n6-c3ccccc3)sc3ccccc35)c3ccccc3n2)cc1. The van der Waals surface area contributed by atoms with E-state index in [0.29, 0.717) is 5.82 Å². The van der Waals surface area contributed by atoms with Crippen molar-refractivity contribution in [2.75, 3.05) is 0 Å². The highest BCUT2D eigenvalue weighted by atomic mass is 32.1. The van der Waals surface area contributed by atoms with Gasteiger partial charge in [-0.3, -0.25) is 4.57 Å². The molecule has 0 amide bonds. The van der Waals surface area contributed by atoms with E-state index in [-0.39, 0.29) is 0 Å². The lowest BCUT2D eigenvalue weighted by molar-refractivity contribution is 1.08. The highest BCUT2D eigenvalue weighted by Gasteiger charge is 2.22. The van der Waals surface area contributed by atoms with Gasteiger partial charge in [-0.25, -0.2) is 9.97 Å². The predicted molar refractivity (Wildman–Crippen MR) is 207 cm³/mol. The molecule has 7 aromatic carbocycles. The zero-order valence-electron chi connectivity index (χ0n) is 26.2. The average Bonchev–Trinajstić information content (AvgIpc) is 3.80. The summed E-state index contributed by atoms with van der Waals surface area (Å²) in [6, 6.07) is 56.4. The molecular weight excluding hydrogens is 617 g/mol. The normalized spacial score (nSPS) is 12.1. The molecule has 4 heterocycles. The number of rotatable bonds is 3. The third kappa shape index (κ3) is 3.85. The summed E-state index contributed by atoms with van der Waals surface area (Å²) < 4.78 is 7.38. The Bertz CT molecular complexity index is 3100. The van der Waals surface area contributed by atoms with Crippen LogP contribution in [0.1, 0.15) is 0 Å². The second-order valence-corrected chi connectivity index (χ2v) is 13.7. The van der Waals surface area contributed by atoms with Gasteiger partial charge in [-0.15, -0.1) is 11.3 Å². The minimum atomic E-state index is 0.716. The van der Waals surface area contributed by atoms with E-state index in [0.717, 1.165) is 39.0 Å². The van der Waals surface area contributed by atoms with Crippen LogP contribution in [0.25, 0.3) is 97.6 Å². The van der Waals surface area contributed by atoms with Crippen LogP contribution in [0.4, 0.5) is 0 Å². The van der Waals surface area contributed by atoms with Crippen molar-refractivity contribution in [3.63, 3.8) is 0 Å². The number of para-hydroxylation sites is 3. The number of fused-ring (bicyclic) bond motifs is 10. The van der Waals surface area contributed by atoms with Crippen molar-refractivity contribution in [3.8, 4) is 22.9 Å². The number of thiophene rings is 1. The summed E-state index contributed by atoms with van der Waals surface area (Å²) in [5.41, 5.74) is 7.71. The average molecular weight is 643 g/mol. The van der Waals surface area contributed by atoms with E-state index >= 15 is 0 Å². The third-order valence-corrected chi connectivity index (χ3v) is 11.0. The van der Waals surface area contributed by atoms with Crippen molar-refractivity contribution in [1.82, 2.24) is 19.1 Å². The molecule has 0 fully saturated rings. The van der Waals surface area contributed by atoms with Gasteiger partial charge in [0.25, 0.3) is 0 Å². The molecule has 4 aromatic heterocycles. The Balaban J connectivity index is 1.35. The van der Waals surface area contributed by atoms with Crippen LogP contribution in [0, 0.1) is 0 Å². The maximum atomic E-state index is 5.39. The topological polar surface area (TPSA) is 35.6 Å². The second-order valence-electron chi connectivity index (χ2n) is 12.6. The molecule has 0 bridgehead atoms. The Labute approximate surface area is 284 Å². The third-order valence-electron chi connectivity index (χ3n) is 9.90. The fourth-order valence-electron chi connectivity index (χ4n) is 7.72. The minimum Gasteiger partial charge on any atom is -0.309 e. The Morgan fingerprint density at radius 1 is 0.388 bits per heavy atom. The molecule has 228 valence electrons.